The van der Waals surface area contributed by atoms with Gasteiger partial charge in [0.25, 0.3) is 0 Å². The van der Waals surface area contributed by atoms with Gasteiger partial charge in [-0.25, -0.2) is 14.5 Å². The quantitative estimate of drug-likeness (QED) is 0.379. The van der Waals surface area contributed by atoms with Crippen LogP contribution >= 0.6 is 0 Å². The molecule has 3 heterocycles. The molecule has 0 atom stereocenters. The number of fused-ring (bicyclic) bond motifs is 1. The minimum Gasteiger partial charge on any atom is -0.477 e. The summed E-state index contributed by atoms with van der Waals surface area (Å²) >= 11 is 0. The number of pyridine rings is 1. The van der Waals surface area contributed by atoms with Crippen LogP contribution in [-0.4, -0.2) is 50.4 Å². The predicted octanol–water partition coefficient (Wildman–Crippen LogP) is 6.99. The highest BCUT2D eigenvalue weighted by atomic mass is 16.4. The Bertz CT molecular complexity index is 1230. The third-order valence-corrected chi connectivity index (χ3v) is 9.00. The summed E-state index contributed by atoms with van der Waals surface area (Å²) < 4.78 is 2.10. The molecule has 2 aromatic heterocycles. The summed E-state index contributed by atoms with van der Waals surface area (Å²) in [5.74, 6) is -0.518. The second-order valence-electron chi connectivity index (χ2n) is 11.5. The number of benzene rings is 1. The molecule has 6 rings (SSSR count). The average molecular weight is 501 g/mol. The molecule has 1 saturated heterocycles. The average Bonchev–Trinajstić information content (AvgIpc) is 3.07. The summed E-state index contributed by atoms with van der Waals surface area (Å²) in [5, 5.41) is 16.2. The van der Waals surface area contributed by atoms with Gasteiger partial charge in [-0.3, -0.25) is 0 Å². The van der Waals surface area contributed by atoms with E-state index in [4.69, 9.17) is 10.1 Å². The molecule has 0 unspecified atom stereocenters. The second-order valence-corrected chi connectivity index (χ2v) is 11.5. The van der Waals surface area contributed by atoms with Crippen LogP contribution in [0.25, 0.3) is 22.2 Å². The minimum atomic E-state index is -0.973. The van der Waals surface area contributed by atoms with E-state index in [1.165, 1.54) is 70.0 Å². The maximum atomic E-state index is 12.1. The fraction of sp³-hybridized carbons (Fsp3) is 0.581. The zero-order chi connectivity index (χ0) is 25.2. The van der Waals surface area contributed by atoms with Crippen LogP contribution in [0.15, 0.2) is 30.3 Å². The Morgan fingerprint density at radius 2 is 1.59 bits per heavy atom. The highest BCUT2D eigenvalue weighted by molar-refractivity contribution is 5.99. The van der Waals surface area contributed by atoms with Gasteiger partial charge >= 0.3 is 5.97 Å². The molecule has 0 bridgehead atoms. The maximum Gasteiger partial charge on any atom is 0.354 e. The molecule has 3 aromatic rings. The third kappa shape index (κ3) is 5.18. The molecule has 3 fully saturated rings. The van der Waals surface area contributed by atoms with Crippen LogP contribution in [-0.2, 0) is 6.42 Å². The number of carbonyl (C=O) groups is 1. The summed E-state index contributed by atoms with van der Waals surface area (Å²) in [7, 11) is 0. The number of nitrogens with zero attached hydrogens (tertiary/aromatic N) is 4. The van der Waals surface area contributed by atoms with Crippen LogP contribution in [0.1, 0.15) is 111 Å². The van der Waals surface area contributed by atoms with Crippen molar-refractivity contribution in [1.82, 2.24) is 19.7 Å². The molecule has 1 N–H and O–H groups in total. The van der Waals surface area contributed by atoms with Crippen molar-refractivity contribution < 1.29 is 9.90 Å². The number of aromatic carboxylic acids is 1. The van der Waals surface area contributed by atoms with E-state index in [1.54, 1.807) is 6.07 Å². The van der Waals surface area contributed by atoms with Crippen molar-refractivity contribution in [3.05, 3.63) is 47.3 Å². The van der Waals surface area contributed by atoms with E-state index in [0.717, 1.165) is 66.5 Å². The zero-order valence-electron chi connectivity index (χ0n) is 22.0. The van der Waals surface area contributed by atoms with Gasteiger partial charge in [0.1, 0.15) is 0 Å². The predicted molar refractivity (Wildman–Crippen MR) is 147 cm³/mol. The fourth-order valence-corrected chi connectivity index (χ4v) is 6.55. The lowest BCUT2D eigenvalue weighted by molar-refractivity contribution is 0.0691. The van der Waals surface area contributed by atoms with E-state index < -0.39 is 5.97 Å². The molecule has 1 aromatic carbocycles. The Morgan fingerprint density at radius 3 is 2.24 bits per heavy atom. The summed E-state index contributed by atoms with van der Waals surface area (Å²) in [5.41, 5.74) is 5.41. The maximum absolute atomic E-state index is 12.1. The summed E-state index contributed by atoms with van der Waals surface area (Å²) in [6.45, 7) is 3.56. The van der Waals surface area contributed by atoms with Crippen molar-refractivity contribution in [1.29, 1.82) is 0 Å². The fourth-order valence-electron chi connectivity index (χ4n) is 6.55. The molecule has 37 heavy (non-hydrogen) atoms. The van der Waals surface area contributed by atoms with Crippen molar-refractivity contribution in [2.75, 3.05) is 19.6 Å². The molecule has 196 valence electrons. The van der Waals surface area contributed by atoms with Crippen LogP contribution in [0.2, 0.25) is 0 Å². The van der Waals surface area contributed by atoms with Crippen LogP contribution in [0.4, 0.5) is 0 Å². The van der Waals surface area contributed by atoms with Crippen molar-refractivity contribution in [3.63, 3.8) is 0 Å². The monoisotopic (exact) mass is 500 g/mol. The largest absolute Gasteiger partial charge is 0.477 e. The Morgan fingerprint density at radius 1 is 0.892 bits per heavy atom. The Labute approximate surface area is 220 Å². The summed E-state index contributed by atoms with van der Waals surface area (Å²) in [4.78, 5) is 19.4. The first-order valence-corrected chi connectivity index (χ1v) is 14.7. The van der Waals surface area contributed by atoms with Crippen LogP contribution in [0.5, 0.6) is 0 Å². The molecule has 6 heteroatoms. The molecular weight excluding hydrogens is 460 g/mol. The van der Waals surface area contributed by atoms with Gasteiger partial charge in [-0.2, -0.15) is 5.10 Å². The SMILES string of the molecule is O=C(O)c1cc(-c2ccc(CCN3CCCCCC3)cc2)c2c(C3CCC3)nn(C3CCCCC3)c2n1. The number of carboxylic acids is 1. The van der Waals surface area contributed by atoms with Crippen LogP contribution in [0.3, 0.4) is 0 Å². The molecule has 3 aliphatic rings. The lowest BCUT2D eigenvalue weighted by atomic mass is 9.81. The minimum absolute atomic E-state index is 0.116. The lowest BCUT2D eigenvalue weighted by Crippen LogP contribution is -2.26. The lowest BCUT2D eigenvalue weighted by Gasteiger charge is -2.24. The van der Waals surface area contributed by atoms with Gasteiger partial charge in [0.2, 0.25) is 0 Å². The molecule has 2 saturated carbocycles. The van der Waals surface area contributed by atoms with Crippen molar-refractivity contribution in [2.45, 2.75) is 95.4 Å². The number of likely N-dealkylation sites (tertiary alicyclic amines) is 1. The van der Waals surface area contributed by atoms with Crippen molar-refractivity contribution >= 4 is 17.0 Å². The molecule has 6 nitrogen and oxygen atoms in total. The molecule has 0 amide bonds. The molecular formula is C31H40N4O2. The molecule has 2 aliphatic carbocycles. The van der Waals surface area contributed by atoms with Gasteiger partial charge in [-0.1, -0.05) is 62.8 Å². The second kappa shape index (κ2) is 10.9. The van der Waals surface area contributed by atoms with Crippen molar-refractivity contribution in [3.8, 4) is 11.1 Å². The third-order valence-electron chi connectivity index (χ3n) is 9.00. The first-order chi connectivity index (χ1) is 18.2. The number of aromatic nitrogens is 3. The normalized spacial score (nSPS) is 20.1. The summed E-state index contributed by atoms with van der Waals surface area (Å²) in [6.07, 6.45) is 15.9. The first kappa shape index (κ1) is 24.6. The number of carboxylic acid groups (broad SMARTS) is 1. The number of rotatable bonds is 7. The topological polar surface area (TPSA) is 71.2 Å². The summed E-state index contributed by atoms with van der Waals surface area (Å²) in [6, 6.07) is 10.9. The molecule has 1 aliphatic heterocycles. The van der Waals surface area contributed by atoms with Gasteiger partial charge < -0.3 is 10.0 Å². The van der Waals surface area contributed by atoms with Crippen LogP contribution < -0.4 is 0 Å². The van der Waals surface area contributed by atoms with Gasteiger partial charge in [0.05, 0.1) is 17.1 Å². The van der Waals surface area contributed by atoms with E-state index in [-0.39, 0.29) is 5.69 Å². The van der Waals surface area contributed by atoms with Gasteiger partial charge in [0.15, 0.2) is 11.3 Å². The van der Waals surface area contributed by atoms with E-state index in [2.05, 4.69) is 33.8 Å². The van der Waals surface area contributed by atoms with E-state index in [9.17, 15) is 9.90 Å². The Balaban J connectivity index is 1.36. The standard InChI is InChI=1S/C31H40N4O2/c36-31(37)27-21-26(23-15-13-22(14-16-23)17-20-34-18-6-1-2-7-19-34)28-29(24-9-8-10-24)33-35(30(28)32-27)25-11-4-3-5-12-25/h13-16,21,24-25H,1-12,17-20H2,(H,36,37). The molecule has 0 spiro atoms. The zero-order valence-corrected chi connectivity index (χ0v) is 22.0. The smallest absolute Gasteiger partial charge is 0.354 e. The first-order valence-electron chi connectivity index (χ1n) is 14.7. The number of hydrogen-bond acceptors (Lipinski definition) is 4. The van der Waals surface area contributed by atoms with Gasteiger partial charge in [-0.05, 0) is 80.8 Å². The van der Waals surface area contributed by atoms with E-state index in [1.807, 2.05) is 0 Å². The van der Waals surface area contributed by atoms with Gasteiger partial charge in [-0.15, -0.1) is 0 Å². The molecule has 0 radical (unpaired) electrons. The van der Waals surface area contributed by atoms with Crippen LogP contribution in [0, 0.1) is 0 Å². The Kier molecular flexibility index (Phi) is 7.27. The van der Waals surface area contributed by atoms with Crippen molar-refractivity contribution in [2.24, 2.45) is 0 Å². The van der Waals surface area contributed by atoms with Gasteiger partial charge in [0, 0.05) is 12.5 Å². The Hall–Kier alpha value is -2.73. The van der Waals surface area contributed by atoms with E-state index in [0.29, 0.717) is 12.0 Å². The number of hydrogen-bond donors (Lipinski definition) is 1. The highest BCUT2D eigenvalue weighted by Gasteiger charge is 2.31. The van der Waals surface area contributed by atoms with E-state index >= 15 is 0 Å². The highest BCUT2D eigenvalue weighted by Crippen LogP contribution is 2.43.